The Bertz CT molecular complexity index is 1830. The summed E-state index contributed by atoms with van der Waals surface area (Å²) in [6.07, 6.45) is 11.4. The molecule has 0 bridgehead atoms. The first-order chi connectivity index (χ1) is 14.8. The zero-order valence-electron chi connectivity index (χ0n) is 18.6. The van der Waals surface area contributed by atoms with Crippen LogP contribution in [0.1, 0.15) is 51.9 Å². The van der Waals surface area contributed by atoms with Crippen molar-refractivity contribution in [2.75, 3.05) is 0 Å². The number of hydrogen-bond donors (Lipinski definition) is 0. The van der Waals surface area contributed by atoms with Crippen LogP contribution in [0, 0.1) is 5.92 Å². The Balaban J connectivity index is 0.923. The van der Waals surface area contributed by atoms with E-state index in [1.807, 2.05) is 6.42 Å². The average Bonchev–Trinajstić information content (AvgIpc) is 3.66. The third kappa shape index (κ3) is 0.131. The molecule has 0 N–H and O–H groups in total. The third-order valence-electron chi connectivity index (χ3n) is 32.5. The van der Waals surface area contributed by atoms with E-state index >= 15 is 0 Å². The Labute approximate surface area is 165 Å². The molecular formula is C29H36Fe2. The van der Waals surface area contributed by atoms with Crippen molar-refractivity contribution < 1.29 is 13.0 Å². The molecule has 0 nitrogen and oxygen atoms in total. The molecule has 2 heteroatoms. The van der Waals surface area contributed by atoms with Crippen molar-refractivity contribution in [1.29, 1.82) is 0 Å². The van der Waals surface area contributed by atoms with E-state index < -0.39 is 13.0 Å². The summed E-state index contributed by atoms with van der Waals surface area (Å²) in [5.74, 6) is 1.51. The van der Waals surface area contributed by atoms with Crippen molar-refractivity contribution >= 4 is 0 Å². The predicted octanol–water partition coefficient (Wildman–Crippen LogP) is 9.87. The van der Waals surface area contributed by atoms with Crippen molar-refractivity contribution in [3.8, 4) is 0 Å². The van der Waals surface area contributed by atoms with Crippen LogP contribution in [-0.2, 0) is 13.0 Å². The number of fused-ring (bicyclic) bond motifs is 20. The Morgan fingerprint density at radius 1 is 0.484 bits per heavy atom. The third-order valence-corrected chi connectivity index (χ3v) is 118. The van der Waals surface area contributed by atoms with Gasteiger partial charge in [-0.1, -0.05) is 0 Å². The number of rotatable bonds is 9. The molecule has 20 heterocycles. The van der Waals surface area contributed by atoms with Crippen molar-refractivity contribution in [2.24, 2.45) is 5.92 Å². The van der Waals surface area contributed by atoms with Gasteiger partial charge in [-0.05, 0) is 0 Å². The van der Waals surface area contributed by atoms with Crippen molar-refractivity contribution in [3.05, 3.63) is 0 Å². The second-order valence-corrected chi connectivity index (χ2v) is 69.8. The summed E-state index contributed by atoms with van der Waals surface area (Å²) >= 11 is 0. The van der Waals surface area contributed by atoms with Crippen LogP contribution in [-0.4, -0.2) is 0 Å². The van der Waals surface area contributed by atoms with E-state index in [4.69, 9.17) is 0 Å². The fraction of sp³-hybridized carbons (Fsp3) is 1.00. The molecule has 20 aliphatic heterocycles. The molecular weight excluding hydrogens is 460 g/mol. The average molecular weight is 496 g/mol. The minimum atomic E-state index is -2.96. The van der Waals surface area contributed by atoms with Gasteiger partial charge in [0.05, 0.1) is 0 Å². The first kappa shape index (κ1) is 11.8. The van der Waals surface area contributed by atoms with E-state index in [9.17, 15) is 0 Å². The SMILES string of the molecule is CCCCCCCCC([C]12[CH]3[CH]4[CH]5[CH]1[Fe]45321678[CH]2[CH]1[CH]6[CH]7[CH]28)[C]12[CH]3[CH]4[CH]5[CH]1[Fe]45321678[CH]2[CH]1[CH]6[CH]7[CH]28. The Morgan fingerprint density at radius 3 is 1.13 bits per heavy atom. The van der Waals surface area contributed by atoms with Gasteiger partial charge in [-0.2, -0.15) is 0 Å². The van der Waals surface area contributed by atoms with E-state index in [1.54, 1.807) is 112 Å². The predicted molar refractivity (Wildman–Crippen MR) is 114 cm³/mol. The van der Waals surface area contributed by atoms with E-state index in [0.717, 1.165) is 0 Å². The number of hydrogen-bond acceptors (Lipinski definition) is 0. The minimum absolute atomic E-state index is 1.31. The zero-order chi connectivity index (χ0) is 18.6. The molecule has 20 rings (SSSR count). The molecule has 20 fully saturated rings. The standard InChI is InChI=1S/C19H26.2C5H5.2Fe/c1-2-3-4-5-6-7-16-19(17-12-8-9-13-17)18-14-10-11-15-18;2*1-2-4-5-3-1;;/h8-15,19H,2-7,16H2,1H3;2*1-5H;;. The summed E-state index contributed by atoms with van der Waals surface area (Å²) in [6, 6.07) is 0. The molecule has 0 amide bonds. The first-order valence-corrected chi connectivity index (χ1v) is 27.8. The van der Waals surface area contributed by atoms with Gasteiger partial charge in [0.25, 0.3) is 0 Å². The van der Waals surface area contributed by atoms with Crippen molar-refractivity contribution in [2.45, 2.75) is 147 Å². The van der Waals surface area contributed by atoms with Crippen LogP contribution in [0.25, 0.3) is 0 Å². The maximum atomic E-state index is 2.40. The molecule has 8 atom stereocenters. The summed E-state index contributed by atoms with van der Waals surface area (Å²) in [5, 5.41) is 0. The molecule has 0 aromatic carbocycles. The molecule has 8 unspecified atom stereocenters. The Morgan fingerprint density at radius 2 is 0.839 bits per heavy atom. The van der Waals surface area contributed by atoms with E-state index in [-0.39, 0.29) is 0 Å². The molecule has 20 saturated heterocycles. The molecule has 0 saturated carbocycles. The molecule has 2 spiro atoms. The van der Waals surface area contributed by atoms with E-state index in [2.05, 4.69) is 6.92 Å². The summed E-state index contributed by atoms with van der Waals surface area (Å²) in [7, 11) is 0. The van der Waals surface area contributed by atoms with Gasteiger partial charge in [0, 0.05) is 0 Å². The zero-order valence-corrected chi connectivity index (χ0v) is 20.8. The van der Waals surface area contributed by atoms with Gasteiger partial charge in [-0.15, -0.1) is 0 Å². The Hall–Kier alpha value is 1.04. The summed E-state index contributed by atoms with van der Waals surface area (Å²) in [5.41, 5.74) is 0. The molecule has 0 aromatic rings. The molecule has 0 aromatic heterocycles. The topological polar surface area (TPSA) is 0 Å². The van der Waals surface area contributed by atoms with Gasteiger partial charge in [0.2, 0.25) is 0 Å². The monoisotopic (exact) mass is 496 g/mol. The van der Waals surface area contributed by atoms with E-state index in [1.165, 1.54) is 27.4 Å². The first-order valence-electron chi connectivity index (χ1n) is 15.2. The quantitative estimate of drug-likeness (QED) is 0.220. The van der Waals surface area contributed by atoms with Gasteiger partial charge in [0.1, 0.15) is 0 Å². The van der Waals surface area contributed by atoms with Gasteiger partial charge in [0.15, 0.2) is 0 Å². The van der Waals surface area contributed by atoms with Crippen LogP contribution >= 0.6 is 0 Å². The Kier molecular flexibility index (Phi) is 0.384. The molecule has 31 heavy (non-hydrogen) atoms. The van der Waals surface area contributed by atoms with Crippen LogP contribution in [0.5, 0.6) is 0 Å². The van der Waals surface area contributed by atoms with Crippen molar-refractivity contribution in [1.82, 2.24) is 0 Å². The molecule has 0 aliphatic carbocycles. The summed E-state index contributed by atoms with van der Waals surface area (Å²) in [4.78, 5) is 29.0. The van der Waals surface area contributed by atoms with Gasteiger partial charge in [-0.3, -0.25) is 0 Å². The van der Waals surface area contributed by atoms with E-state index in [0.29, 0.717) is 0 Å². The summed E-state index contributed by atoms with van der Waals surface area (Å²) in [6.45, 7) is -3.52. The fourth-order valence-electron chi connectivity index (χ4n) is 36.6. The van der Waals surface area contributed by atoms with Crippen LogP contribution in [0.15, 0.2) is 0 Å². The maximum absolute atomic E-state index is 2.96. The normalized spacial score (nSPS) is 131. The van der Waals surface area contributed by atoms with Crippen LogP contribution in [0.2, 0.25) is 95.3 Å². The molecule has 168 valence electrons. The van der Waals surface area contributed by atoms with Crippen LogP contribution in [0.4, 0.5) is 0 Å². The number of unbranched alkanes of at least 4 members (excludes halogenated alkanes) is 5. The molecule has 20 aliphatic rings. The van der Waals surface area contributed by atoms with Gasteiger partial charge >= 0.3 is 166 Å². The fourth-order valence-corrected chi connectivity index (χ4v) is 188. The van der Waals surface area contributed by atoms with Crippen molar-refractivity contribution in [3.63, 3.8) is 0 Å². The van der Waals surface area contributed by atoms with Crippen LogP contribution < -0.4 is 0 Å². The van der Waals surface area contributed by atoms with Gasteiger partial charge < -0.3 is 0 Å². The second kappa shape index (κ2) is 1.00. The second-order valence-electron chi connectivity index (χ2n) is 22.6. The summed E-state index contributed by atoms with van der Waals surface area (Å²) < 4.78 is 2.61. The molecule has 0 radical (unpaired) electrons. The van der Waals surface area contributed by atoms with Gasteiger partial charge in [-0.25, -0.2) is 0 Å². The van der Waals surface area contributed by atoms with Crippen LogP contribution in [0.3, 0.4) is 0 Å².